The van der Waals surface area contributed by atoms with Crippen molar-refractivity contribution in [2.24, 2.45) is 0 Å². The van der Waals surface area contributed by atoms with E-state index in [0.717, 1.165) is 17.7 Å². The number of nitrogens with zero attached hydrogens (tertiary/aromatic N) is 2. The summed E-state index contributed by atoms with van der Waals surface area (Å²) in [6, 6.07) is 18.2. The average molecular weight is 343 g/mol. The largest absolute Gasteiger partial charge is 0.322 e. The number of amides is 2. The molecule has 0 bridgehead atoms. The summed E-state index contributed by atoms with van der Waals surface area (Å²) in [5.41, 5.74) is 3.82. The third-order valence-electron chi connectivity index (χ3n) is 4.45. The highest BCUT2D eigenvalue weighted by atomic mass is 16.2. The summed E-state index contributed by atoms with van der Waals surface area (Å²) in [6.07, 6.45) is 4.03. The number of nitrogens with one attached hydrogen (secondary N) is 1. The smallest absolute Gasteiger partial charge is 0.258 e. The van der Waals surface area contributed by atoms with E-state index in [2.05, 4.69) is 10.3 Å². The minimum Gasteiger partial charge on any atom is -0.322 e. The van der Waals surface area contributed by atoms with E-state index in [1.807, 2.05) is 36.4 Å². The fourth-order valence-electron chi connectivity index (χ4n) is 3.11. The van der Waals surface area contributed by atoms with Gasteiger partial charge in [0, 0.05) is 41.4 Å². The summed E-state index contributed by atoms with van der Waals surface area (Å²) in [7, 11) is 0. The molecule has 2 heterocycles. The highest BCUT2D eigenvalue weighted by Gasteiger charge is 2.26. The summed E-state index contributed by atoms with van der Waals surface area (Å²) in [6.45, 7) is 0.632. The fraction of sp³-hybridized carbons (Fsp3) is 0.0952. The number of aromatic nitrogens is 1. The van der Waals surface area contributed by atoms with E-state index >= 15 is 0 Å². The molecule has 0 saturated carbocycles. The third-order valence-corrected chi connectivity index (χ3v) is 4.45. The number of fused-ring (bicyclic) bond motifs is 1. The van der Waals surface area contributed by atoms with Crippen molar-refractivity contribution in [2.45, 2.75) is 6.42 Å². The number of benzene rings is 2. The van der Waals surface area contributed by atoms with Crippen molar-refractivity contribution in [3.8, 4) is 0 Å². The first-order valence-corrected chi connectivity index (χ1v) is 8.43. The number of pyridine rings is 1. The highest BCUT2D eigenvalue weighted by molar-refractivity contribution is 6.08. The second-order valence-corrected chi connectivity index (χ2v) is 6.11. The molecule has 1 aliphatic rings. The summed E-state index contributed by atoms with van der Waals surface area (Å²) in [4.78, 5) is 30.8. The van der Waals surface area contributed by atoms with Gasteiger partial charge in [0.05, 0.1) is 0 Å². The minimum absolute atomic E-state index is 0.0577. The minimum atomic E-state index is -0.171. The summed E-state index contributed by atoms with van der Waals surface area (Å²) < 4.78 is 0. The van der Waals surface area contributed by atoms with Gasteiger partial charge >= 0.3 is 0 Å². The molecule has 128 valence electrons. The molecule has 1 N–H and O–H groups in total. The van der Waals surface area contributed by atoms with Gasteiger partial charge in [-0.1, -0.05) is 24.3 Å². The van der Waals surface area contributed by atoms with Gasteiger partial charge in [0.2, 0.25) is 0 Å². The molecular formula is C21H17N3O2. The molecule has 5 heteroatoms. The van der Waals surface area contributed by atoms with Gasteiger partial charge in [-0.2, -0.15) is 0 Å². The highest BCUT2D eigenvalue weighted by Crippen LogP contribution is 2.32. The molecule has 0 saturated heterocycles. The van der Waals surface area contributed by atoms with Gasteiger partial charge in [0.25, 0.3) is 11.8 Å². The van der Waals surface area contributed by atoms with Crippen molar-refractivity contribution < 1.29 is 9.59 Å². The molecule has 5 nitrogen and oxygen atoms in total. The van der Waals surface area contributed by atoms with Gasteiger partial charge in [-0.3, -0.25) is 14.6 Å². The van der Waals surface area contributed by atoms with E-state index in [4.69, 9.17) is 0 Å². The van der Waals surface area contributed by atoms with E-state index in [9.17, 15) is 9.59 Å². The Bertz CT molecular complexity index is 956. The zero-order valence-corrected chi connectivity index (χ0v) is 14.1. The normalized spacial score (nSPS) is 12.5. The maximum atomic E-state index is 12.8. The summed E-state index contributed by atoms with van der Waals surface area (Å²) >= 11 is 0. The lowest BCUT2D eigenvalue weighted by Gasteiger charge is -2.18. The first-order valence-electron chi connectivity index (χ1n) is 8.43. The van der Waals surface area contributed by atoms with Crippen molar-refractivity contribution in [3.63, 3.8) is 0 Å². The SMILES string of the molecule is O=C(Nc1ccc2c(c1)N(C(=O)c1ccncc1)CC2)c1ccccc1. The van der Waals surface area contributed by atoms with Crippen molar-refractivity contribution >= 4 is 23.2 Å². The number of carbonyl (C=O) groups excluding carboxylic acids is 2. The number of hydrogen-bond donors (Lipinski definition) is 1. The zero-order valence-electron chi connectivity index (χ0n) is 14.1. The van der Waals surface area contributed by atoms with Crippen LogP contribution in [0.5, 0.6) is 0 Å². The molecule has 1 aromatic heterocycles. The Hall–Kier alpha value is -3.47. The monoisotopic (exact) mass is 343 g/mol. The van der Waals surface area contributed by atoms with Gasteiger partial charge in [-0.05, 0) is 48.4 Å². The topological polar surface area (TPSA) is 62.3 Å². The van der Waals surface area contributed by atoms with Crippen LogP contribution in [0.3, 0.4) is 0 Å². The lowest BCUT2D eigenvalue weighted by atomic mass is 10.1. The standard InChI is InChI=1S/C21H17N3O2/c25-20(16-4-2-1-3-5-16)23-18-7-6-15-10-13-24(19(15)14-18)21(26)17-8-11-22-12-9-17/h1-9,11-12,14H,10,13H2,(H,23,25). The summed E-state index contributed by atoms with van der Waals surface area (Å²) in [5, 5.41) is 2.90. The van der Waals surface area contributed by atoms with Crippen molar-refractivity contribution in [1.82, 2.24) is 4.98 Å². The van der Waals surface area contributed by atoms with E-state index in [1.54, 1.807) is 41.6 Å². The Morgan fingerprint density at radius 1 is 0.923 bits per heavy atom. The van der Waals surface area contributed by atoms with Crippen LogP contribution in [-0.2, 0) is 6.42 Å². The molecule has 1 aliphatic heterocycles. The van der Waals surface area contributed by atoms with Gasteiger partial charge in [-0.15, -0.1) is 0 Å². The average Bonchev–Trinajstić information content (AvgIpc) is 3.12. The Kier molecular flexibility index (Phi) is 4.19. The quantitative estimate of drug-likeness (QED) is 0.791. The molecule has 0 fully saturated rings. The zero-order chi connectivity index (χ0) is 17.9. The van der Waals surface area contributed by atoms with Gasteiger partial charge in [0.1, 0.15) is 0 Å². The van der Waals surface area contributed by atoms with E-state index in [-0.39, 0.29) is 11.8 Å². The van der Waals surface area contributed by atoms with Crippen molar-refractivity contribution in [1.29, 1.82) is 0 Å². The molecule has 3 aromatic rings. The number of carbonyl (C=O) groups is 2. The molecule has 0 unspecified atom stereocenters. The Balaban J connectivity index is 1.58. The maximum absolute atomic E-state index is 12.8. The summed E-state index contributed by atoms with van der Waals surface area (Å²) in [5.74, 6) is -0.228. The molecule has 4 rings (SSSR count). The van der Waals surface area contributed by atoms with Gasteiger partial charge in [-0.25, -0.2) is 0 Å². The van der Waals surface area contributed by atoms with Crippen LogP contribution in [0.4, 0.5) is 11.4 Å². The van der Waals surface area contributed by atoms with Crippen molar-refractivity contribution in [3.05, 3.63) is 89.7 Å². The molecule has 0 radical (unpaired) electrons. The second-order valence-electron chi connectivity index (χ2n) is 6.11. The van der Waals surface area contributed by atoms with E-state index < -0.39 is 0 Å². The van der Waals surface area contributed by atoms with Crippen molar-refractivity contribution in [2.75, 3.05) is 16.8 Å². The van der Waals surface area contributed by atoms with Gasteiger partial charge < -0.3 is 10.2 Å². The number of anilines is 2. The number of rotatable bonds is 3. The third kappa shape index (κ3) is 3.07. The Morgan fingerprint density at radius 3 is 2.46 bits per heavy atom. The van der Waals surface area contributed by atoms with Crippen LogP contribution >= 0.6 is 0 Å². The van der Waals surface area contributed by atoms with E-state index in [0.29, 0.717) is 23.4 Å². The Labute approximate surface area is 151 Å². The molecule has 0 atom stereocenters. The molecular weight excluding hydrogens is 326 g/mol. The number of hydrogen-bond acceptors (Lipinski definition) is 3. The predicted molar refractivity (Wildman–Crippen MR) is 100 cm³/mol. The lowest BCUT2D eigenvalue weighted by Crippen LogP contribution is -2.28. The van der Waals surface area contributed by atoms with Crippen LogP contribution in [0.2, 0.25) is 0 Å². The fourth-order valence-corrected chi connectivity index (χ4v) is 3.11. The molecule has 0 aliphatic carbocycles. The lowest BCUT2D eigenvalue weighted by molar-refractivity contribution is 0.0988. The van der Waals surface area contributed by atoms with Crippen LogP contribution in [0.25, 0.3) is 0 Å². The molecule has 26 heavy (non-hydrogen) atoms. The van der Waals surface area contributed by atoms with Crippen LogP contribution in [-0.4, -0.2) is 23.3 Å². The van der Waals surface area contributed by atoms with E-state index in [1.165, 1.54) is 0 Å². The van der Waals surface area contributed by atoms with Gasteiger partial charge in [0.15, 0.2) is 0 Å². The van der Waals surface area contributed by atoms with Crippen LogP contribution in [0.15, 0.2) is 73.1 Å². The molecule has 0 spiro atoms. The van der Waals surface area contributed by atoms with Crippen LogP contribution in [0, 0.1) is 0 Å². The first-order chi connectivity index (χ1) is 12.7. The Morgan fingerprint density at radius 2 is 1.69 bits per heavy atom. The molecule has 2 aromatic carbocycles. The molecule has 2 amide bonds. The maximum Gasteiger partial charge on any atom is 0.258 e. The predicted octanol–water partition coefficient (Wildman–Crippen LogP) is 3.54. The van der Waals surface area contributed by atoms with Crippen LogP contribution < -0.4 is 10.2 Å². The second kappa shape index (κ2) is 6.80. The van der Waals surface area contributed by atoms with Crippen LogP contribution in [0.1, 0.15) is 26.3 Å². The first kappa shape index (κ1) is 16.0.